The fourth-order valence-corrected chi connectivity index (χ4v) is 3.50. The van der Waals surface area contributed by atoms with Gasteiger partial charge in [-0.3, -0.25) is 14.6 Å². The number of benzene rings is 2. The average Bonchev–Trinajstić information content (AvgIpc) is 2.74. The van der Waals surface area contributed by atoms with Gasteiger partial charge in [0.05, 0.1) is 18.4 Å². The van der Waals surface area contributed by atoms with E-state index in [1.165, 1.54) is 5.56 Å². The third-order valence-corrected chi connectivity index (χ3v) is 5.39. The molecule has 5 nitrogen and oxygen atoms in total. The molecule has 0 aliphatic rings. The van der Waals surface area contributed by atoms with Crippen molar-refractivity contribution in [1.29, 1.82) is 0 Å². The van der Waals surface area contributed by atoms with Gasteiger partial charge in [-0.15, -0.1) is 0 Å². The first kappa shape index (κ1) is 22.2. The lowest BCUT2D eigenvalue weighted by molar-refractivity contribution is -0.142. The Bertz CT molecular complexity index is 1040. The fraction of sp³-hybridized carbons (Fsp3) is 0.269. The molecule has 160 valence electrons. The van der Waals surface area contributed by atoms with E-state index in [4.69, 9.17) is 0 Å². The minimum atomic E-state index is -0.944. The molecule has 3 rings (SSSR count). The number of hydrogen-bond acceptors (Lipinski definition) is 3. The number of hydrogen-bond donors (Lipinski definition) is 2. The van der Waals surface area contributed by atoms with Crippen LogP contribution in [0.5, 0.6) is 0 Å². The number of carboxylic acids is 1. The molecule has 2 atom stereocenters. The number of nitrogens with zero attached hydrogens (tertiary/aromatic N) is 1. The molecule has 0 fully saturated rings. The lowest BCUT2D eigenvalue weighted by atomic mass is 9.93. The molecular weight excluding hydrogens is 388 g/mol. The largest absolute Gasteiger partial charge is 0.481 e. The van der Waals surface area contributed by atoms with Crippen LogP contribution in [-0.4, -0.2) is 22.0 Å². The highest BCUT2D eigenvalue weighted by Crippen LogP contribution is 2.23. The molecule has 3 aromatic rings. The van der Waals surface area contributed by atoms with Crippen LogP contribution in [0.1, 0.15) is 46.5 Å². The van der Waals surface area contributed by atoms with Crippen LogP contribution < -0.4 is 5.32 Å². The topological polar surface area (TPSA) is 79.3 Å². The van der Waals surface area contributed by atoms with Gasteiger partial charge in [0.25, 0.3) is 0 Å². The molecule has 0 unspecified atom stereocenters. The molecular formula is C26H28N2O3. The number of aryl methyl sites for hydroxylation is 2. The summed E-state index contributed by atoms with van der Waals surface area (Å²) in [4.78, 5) is 28.7. The molecule has 1 amide bonds. The van der Waals surface area contributed by atoms with Gasteiger partial charge < -0.3 is 10.4 Å². The van der Waals surface area contributed by atoms with Gasteiger partial charge in [-0.05, 0) is 55.2 Å². The van der Waals surface area contributed by atoms with Crippen LogP contribution in [0.2, 0.25) is 0 Å². The Balaban J connectivity index is 1.66. The van der Waals surface area contributed by atoms with Crippen molar-refractivity contribution in [3.8, 4) is 0 Å². The zero-order valence-corrected chi connectivity index (χ0v) is 18.1. The second kappa shape index (κ2) is 10.0. The van der Waals surface area contributed by atoms with Crippen molar-refractivity contribution in [3.63, 3.8) is 0 Å². The average molecular weight is 417 g/mol. The first-order valence-corrected chi connectivity index (χ1v) is 10.4. The van der Waals surface area contributed by atoms with Crippen LogP contribution in [0, 0.1) is 19.8 Å². The van der Waals surface area contributed by atoms with Gasteiger partial charge in [0.1, 0.15) is 0 Å². The van der Waals surface area contributed by atoms with Crippen LogP contribution in [0.3, 0.4) is 0 Å². The summed E-state index contributed by atoms with van der Waals surface area (Å²) in [6.45, 7) is 5.62. The molecule has 0 radical (unpaired) electrons. The lowest BCUT2D eigenvalue weighted by Crippen LogP contribution is -2.36. The Kier molecular flexibility index (Phi) is 7.19. The Morgan fingerprint density at radius 3 is 2.19 bits per heavy atom. The zero-order chi connectivity index (χ0) is 22.4. The van der Waals surface area contributed by atoms with Gasteiger partial charge in [0.2, 0.25) is 5.91 Å². The zero-order valence-electron chi connectivity index (χ0n) is 18.1. The van der Waals surface area contributed by atoms with Crippen molar-refractivity contribution >= 4 is 11.9 Å². The van der Waals surface area contributed by atoms with Gasteiger partial charge in [0, 0.05) is 18.3 Å². The normalized spacial score (nSPS) is 12.7. The maximum Gasteiger partial charge on any atom is 0.308 e. The molecule has 5 heteroatoms. The van der Waals surface area contributed by atoms with E-state index in [1.54, 1.807) is 6.92 Å². The molecule has 0 spiro atoms. The predicted molar refractivity (Wildman–Crippen MR) is 121 cm³/mol. The maximum absolute atomic E-state index is 12.7. The summed E-state index contributed by atoms with van der Waals surface area (Å²) < 4.78 is 0. The first-order chi connectivity index (χ1) is 14.8. The van der Waals surface area contributed by atoms with Gasteiger partial charge >= 0.3 is 5.97 Å². The molecule has 2 aromatic carbocycles. The van der Waals surface area contributed by atoms with Crippen molar-refractivity contribution in [1.82, 2.24) is 10.3 Å². The summed E-state index contributed by atoms with van der Waals surface area (Å²) in [7, 11) is 0. The number of carbonyl (C=O) groups excluding carboxylic acids is 1. The highest BCUT2D eigenvalue weighted by molar-refractivity contribution is 5.80. The molecule has 2 N–H and O–H groups in total. The monoisotopic (exact) mass is 416 g/mol. The number of rotatable bonds is 8. The molecule has 0 aliphatic carbocycles. The Hall–Kier alpha value is -3.47. The van der Waals surface area contributed by atoms with Crippen LogP contribution >= 0.6 is 0 Å². The maximum atomic E-state index is 12.7. The Labute approximate surface area is 183 Å². The van der Waals surface area contributed by atoms with Crippen molar-refractivity contribution in [2.75, 3.05) is 0 Å². The van der Waals surface area contributed by atoms with Gasteiger partial charge in [-0.1, -0.05) is 54.1 Å². The molecule has 0 bridgehead atoms. The van der Waals surface area contributed by atoms with Crippen molar-refractivity contribution < 1.29 is 14.7 Å². The molecule has 1 aromatic heterocycles. The van der Waals surface area contributed by atoms with E-state index in [-0.39, 0.29) is 12.3 Å². The van der Waals surface area contributed by atoms with Crippen LogP contribution in [-0.2, 0) is 22.4 Å². The van der Waals surface area contributed by atoms with Gasteiger partial charge in [-0.25, -0.2) is 0 Å². The number of aliphatic carboxylic acids is 1. The molecule has 1 heterocycles. The van der Waals surface area contributed by atoms with E-state index in [0.717, 1.165) is 34.4 Å². The second-order valence-corrected chi connectivity index (χ2v) is 8.08. The summed E-state index contributed by atoms with van der Waals surface area (Å²) in [6, 6.07) is 18.9. The quantitative estimate of drug-likeness (QED) is 0.570. The molecule has 0 saturated heterocycles. The summed E-state index contributed by atoms with van der Waals surface area (Å²) in [5.41, 5.74) is 6.06. The minimum Gasteiger partial charge on any atom is -0.481 e. The van der Waals surface area contributed by atoms with Crippen LogP contribution in [0.4, 0.5) is 0 Å². The van der Waals surface area contributed by atoms with Crippen molar-refractivity contribution in [2.24, 2.45) is 5.92 Å². The minimum absolute atomic E-state index is 0.192. The third kappa shape index (κ3) is 6.25. The number of nitrogens with one attached hydrogen (secondary N) is 1. The lowest BCUT2D eigenvalue weighted by Gasteiger charge is -2.23. The van der Waals surface area contributed by atoms with Crippen LogP contribution in [0.15, 0.2) is 66.9 Å². The summed E-state index contributed by atoms with van der Waals surface area (Å²) in [6.07, 6.45) is 2.74. The summed E-state index contributed by atoms with van der Waals surface area (Å²) in [5, 5.41) is 12.4. The Morgan fingerprint density at radius 1 is 0.935 bits per heavy atom. The number of carbonyl (C=O) groups is 2. The van der Waals surface area contributed by atoms with Gasteiger partial charge in [0.15, 0.2) is 0 Å². The summed E-state index contributed by atoms with van der Waals surface area (Å²) in [5.74, 6) is -1.89. The first-order valence-electron chi connectivity index (χ1n) is 10.4. The van der Waals surface area contributed by atoms with Gasteiger partial charge in [-0.2, -0.15) is 0 Å². The van der Waals surface area contributed by atoms with Crippen molar-refractivity contribution in [2.45, 2.75) is 39.7 Å². The third-order valence-electron chi connectivity index (χ3n) is 5.39. The van der Waals surface area contributed by atoms with E-state index in [2.05, 4.69) is 16.4 Å². The molecule has 31 heavy (non-hydrogen) atoms. The standard InChI is InChI=1S/C26H28N2O3/c1-17-4-10-22(11-5-17)25(19(3)26(30)31)28-24(29)16-21-8-6-20(7-9-21)15-23-14-18(2)12-13-27-23/h4-14,19,25H,15-16H2,1-3H3,(H,28,29)(H,30,31)/t19-,25+/m1/s1. The van der Waals surface area contributed by atoms with Crippen molar-refractivity contribution in [3.05, 3.63) is 100 Å². The SMILES string of the molecule is Cc1ccc([C@@H](NC(=O)Cc2ccc(Cc3cc(C)ccn3)cc2)[C@@H](C)C(=O)O)cc1. The van der Waals surface area contributed by atoms with E-state index in [0.29, 0.717) is 0 Å². The van der Waals surface area contributed by atoms with E-state index in [1.807, 2.05) is 74.6 Å². The number of pyridine rings is 1. The smallest absolute Gasteiger partial charge is 0.308 e. The highest BCUT2D eigenvalue weighted by Gasteiger charge is 2.26. The van der Waals surface area contributed by atoms with Crippen LogP contribution in [0.25, 0.3) is 0 Å². The second-order valence-electron chi connectivity index (χ2n) is 8.08. The summed E-state index contributed by atoms with van der Waals surface area (Å²) >= 11 is 0. The van der Waals surface area contributed by atoms with E-state index >= 15 is 0 Å². The highest BCUT2D eigenvalue weighted by atomic mass is 16.4. The molecule has 0 aliphatic heterocycles. The predicted octanol–water partition coefficient (Wildman–Crippen LogP) is 4.41. The fourth-order valence-electron chi connectivity index (χ4n) is 3.50. The number of amides is 1. The van der Waals surface area contributed by atoms with E-state index in [9.17, 15) is 14.7 Å². The number of aromatic nitrogens is 1. The number of carboxylic acid groups (broad SMARTS) is 1. The van der Waals surface area contributed by atoms with E-state index < -0.39 is 17.9 Å². The molecule has 0 saturated carbocycles. The Morgan fingerprint density at radius 2 is 1.58 bits per heavy atom.